The molecule has 0 aliphatic carbocycles. The molecule has 1 aromatic rings. The third-order valence-corrected chi connectivity index (χ3v) is 4.64. The molecule has 2 aliphatic rings. The monoisotopic (exact) mass is 289 g/mol. The van der Waals surface area contributed by atoms with Crippen LogP contribution in [0.1, 0.15) is 39.2 Å². The third-order valence-electron chi connectivity index (χ3n) is 4.64. The van der Waals surface area contributed by atoms with Crippen molar-refractivity contribution >= 4 is 5.69 Å². The van der Waals surface area contributed by atoms with E-state index in [1.54, 1.807) is 0 Å². The van der Waals surface area contributed by atoms with Crippen molar-refractivity contribution in [1.29, 1.82) is 0 Å². The van der Waals surface area contributed by atoms with Gasteiger partial charge in [-0.15, -0.1) is 0 Å². The summed E-state index contributed by atoms with van der Waals surface area (Å²) in [5, 5.41) is 3.67. The van der Waals surface area contributed by atoms with Crippen LogP contribution in [-0.2, 0) is 10.2 Å². The molecule has 0 bridgehead atoms. The van der Waals surface area contributed by atoms with Crippen LogP contribution < -0.4 is 5.32 Å². The second-order valence-electron chi connectivity index (χ2n) is 7.36. The van der Waals surface area contributed by atoms with E-state index in [2.05, 4.69) is 42.0 Å². The number of likely N-dealkylation sites (tertiary alicyclic amines) is 1. The van der Waals surface area contributed by atoms with Crippen molar-refractivity contribution in [3.05, 3.63) is 24.0 Å². The Hall–Kier alpha value is -1.13. The summed E-state index contributed by atoms with van der Waals surface area (Å²) in [4.78, 5) is 6.97. The zero-order chi connectivity index (χ0) is 14.9. The Labute approximate surface area is 127 Å². The number of aromatic nitrogens is 1. The predicted molar refractivity (Wildman–Crippen MR) is 85.8 cm³/mol. The topological polar surface area (TPSA) is 37.4 Å². The van der Waals surface area contributed by atoms with E-state index in [1.165, 1.54) is 31.5 Å². The Morgan fingerprint density at radius 3 is 2.48 bits per heavy atom. The van der Waals surface area contributed by atoms with Crippen molar-refractivity contribution in [3.63, 3.8) is 0 Å². The van der Waals surface area contributed by atoms with Gasteiger partial charge in [-0.3, -0.25) is 9.88 Å². The van der Waals surface area contributed by atoms with Crippen LogP contribution in [0.15, 0.2) is 18.5 Å². The molecule has 3 rings (SSSR count). The Morgan fingerprint density at radius 2 is 1.90 bits per heavy atom. The van der Waals surface area contributed by atoms with Crippen molar-refractivity contribution in [2.24, 2.45) is 0 Å². The molecule has 2 saturated heterocycles. The summed E-state index contributed by atoms with van der Waals surface area (Å²) in [7, 11) is 0. The summed E-state index contributed by atoms with van der Waals surface area (Å²) in [6, 6.07) is 3.50. The van der Waals surface area contributed by atoms with E-state index in [0.29, 0.717) is 12.1 Å². The van der Waals surface area contributed by atoms with Gasteiger partial charge in [0.2, 0.25) is 0 Å². The standard InChI is InChI=1S/C17H27N3O/c1-17(2,3)13-8-15(10-18-9-13)19-14-4-6-20(7-5-14)16-11-21-12-16/h8-10,14,16,19H,4-7,11-12H2,1-3H3. The molecule has 1 aromatic heterocycles. The quantitative estimate of drug-likeness (QED) is 0.928. The maximum atomic E-state index is 5.29. The largest absolute Gasteiger partial charge is 0.381 e. The molecule has 2 fully saturated rings. The lowest BCUT2D eigenvalue weighted by Crippen LogP contribution is -2.53. The van der Waals surface area contributed by atoms with Gasteiger partial charge in [-0.05, 0) is 29.9 Å². The van der Waals surface area contributed by atoms with Gasteiger partial charge in [0.25, 0.3) is 0 Å². The number of rotatable bonds is 3. The van der Waals surface area contributed by atoms with Crippen molar-refractivity contribution in [2.45, 2.75) is 51.1 Å². The van der Waals surface area contributed by atoms with E-state index in [1.807, 2.05) is 12.4 Å². The molecule has 0 radical (unpaired) electrons. The Balaban J connectivity index is 1.55. The fourth-order valence-electron chi connectivity index (χ4n) is 3.01. The molecular weight excluding hydrogens is 262 g/mol. The van der Waals surface area contributed by atoms with E-state index in [9.17, 15) is 0 Å². The lowest BCUT2D eigenvalue weighted by atomic mass is 9.88. The number of pyridine rings is 1. The van der Waals surface area contributed by atoms with E-state index < -0.39 is 0 Å². The molecule has 4 nitrogen and oxygen atoms in total. The molecular formula is C17H27N3O. The second-order valence-corrected chi connectivity index (χ2v) is 7.36. The second kappa shape index (κ2) is 5.93. The minimum atomic E-state index is 0.151. The van der Waals surface area contributed by atoms with Crippen LogP contribution in [0.3, 0.4) is 0 Å². The van der Waals surface area contributed by atoms with Gasteiger partial charge >= 0.3 is 0 Å². The maximum Gasteiger partial charge on any atom is 0.0645 e. The molecule has 1 N–H and O–H groups in total. The van der Waals surface area contributed by atoms with Crippen molar-refractivity contribution in [1.82, 2.24) is 9.88 Å². The van der Waals surface area contributed by atoms with E-state index in [4.69, 9.17) is 4.74 Å². The van der Waals surface area contributed by atoms with Crippen LogP contribution in [0.5, 0.6) is 0 Å². The molecule has 0 atom stereocenters. The van der Waals surface area contributed by atoms with Gasteiger partial charge in [-0.2, -0.15) is 0 Å². The molecule has 21 heavy (non-hydrogen) atoms. The molecule has 0 unspecified atom stereocenters. The zero-order valence-electron chi connectivity index (χ0n) is 13.4. The number of nitrogens with zero attached hydrogens (tertiary/aromatic N) is 2. The van der Waals surface area contributed by atoms with E-state index in [-0.39, 0.29) is 5.41 Å². The average Bonchev–Trinajstić information content (AvgIpc) is 2.38. The Morgan fingerprint density at radius 1 is 1.19 bits per heavy atom. The van der Waals surface area contributed by atoms with Crippen molar-refractivity contribution in [3.8, 4) is 0 Å². The molecule has 116 valence electrons. The highest BCUT2D eigenvalue weighted by Crippen LogP contribution is 2.25. The highest BCUT2D eigenvalue weighted by atomic mass is 16.5. The summed E-state index contributed by atoms with van der Waals surface area (Å²) < 4.78 is 5.29. The van der Waals surface area contributed by atoms with Crippen molar-refractivity contribution in [2.75, 3.05) is 31.6 Å². The van der Waals surface area contributed by atoms with Crippen LogP contribution in [0.4, 0.5) is 5.69 Å². The van der Waals surface area contributed by atoms with Crippen molar-refractivity contribution < 1.29 is 4.74 Å². The first kappa shape index (κ1) is 14.8. The molecule has 3 heterocycles. The summed E-state index contributed by atoms with van der Waals surface area (Å²) in [6.45, 7) is 10.9. The number of hydrogen-bond acceptors (Lipinski definition) is 4. The minimum absolute atomic E-state index is 0.151. The molecule has 2 aliphatic heterocycles. The first-order valence-electron chi connectivity index (χ1n) is 8.06. The van der Waals surface area contributed by atoms with Gasteiger partial charge in [0.1, 0.15) is 0 Å². The van der Waals surface area contributed by atoms with Gasteiger partial charge in [0, 0.05) is 31.5 Å². The lowest BCUT2D eigenvalue weighted by Gasteiger charge is -2.41. The van der Waals surface area contributed by atoms with Gasteiger partial charge in [-0.1, -0.05) is 20.8 Å². The van der Waals surface area contributed by atoms with E-state index >= 15 is 0 Å². The third kappa shape index (κ3) is 3.55. The fraction of sp³-hybridized carbons (Fsp3) is 0.706. The van der Waals surface area contributed by atoms with Crippen LogP contribution in [0.2, 0.25) is 0 Å². The van der Waals surface area contributed by atoms with Crippen LogP contribution >= 0.6 is 0 Å². The number of hydrogen-bond donors (Lipinski definition) is 1. The molecule has 0 saturated carbocycles. The minimum Gasteiger partial charge on any atom is -0.381 e. The fourth-order valence-corrected chi connectivity index (χ4v) is 3.01. The number of nitrogens with one attached hydrogen (secondary N) is 1. The highest BCUT2D eigenvalue weighted by molar-refractivity contribution is 5.45. The lowest BCUT2D eigenvalue weighted by molar-refractivity contribution is -0.0705. The first-order valence-corrected chi connectivity index (χ1v) is 8.06. The summed E-state index contributed by atoms with van der Waals surface area (Å²) in [5.74, 6) is 0. The van der Waals surface area contributed by atoms with Crippen LogP contribution in [0, 0.1) is 0 Å². The average molecular weight is 289 g/mol. The summed E-state index contributed by atoms with van der Waals surface area (Å²) >= 11 is 0. The number of ether oxygens (including phenoxy) is 1. The van der Waals surface area contributed by atoms with Gasteiger partial charge in [0.15, 0.2) is 0 Å². The normalized spacial score (nSPS) is 22.0. The molecule has 4 heteroatoms. The SMILES string of the molecule is CC(C)(C)c1cncc(NC2CCN(C3COC3)CC2)c1. The van der Waals surface area contributed by atoms with E-state index in [0.717, 1.165) is 18.9 Å². The van der Waals surface area contributed by atoms with Gasteiger partial charge in [0.05, 0.1) is 24.9 Å². The molecule has 0 aromatic carbocycles. The maximum absolute atomic E-state index is 5.29. The smallest absolute Gasteiger partial charge is 0.0645 e. The van der Waals surface area contributed by atoms with Gasteiger partial charge < -0.3 is 10.1 Å². The van der Waals surface area contributed by atoms with Crippen LogP contribution in [-0.4, -0.2) is 48.3 Å². The first-order chi connectivity index (χ1) is 10.0. The number of piperidine rings is 1. The Kier molecular flexibility index (Phi) is 4.18. The van der Waals surface area contributed by atoms with Crippen LogP contribution in [0.25, 0.3) is 0 Å². The predicted octanol–water partition coefficient (Wildman–Crippen LogP) is 2.65. The summed E-state index contributed by atoms with van der Waals surface area (Å²) in [6.07, 6.45) is 6.33. The Bertz CT molecular complexity index is 471. The van der Waals surface area contributed by atoms with Gasteiger partial charge in [-0.25, -0.2) is 0 Å². The zero-order valence-corrected chi connectivity index (χ0v) is 13.4. The molecule has 0 amide bonds. The highest BCUT2D eigenvalue weighted by Gasteiger charge is 2.29. The summed E-state index contributed by atoms with van der Waals surface area (Å²) in [5.41, 5.74) is 2.60. The molecule has 0 spiro atoms. The number of anilines is 1.